The molecule has 6 heteroatoms. The molecule has 0 aromatic heterocycles. The Bertz CT molecular complexity index is 488. The number of carbonyl (C=O) groups excluding carboxylic acids is 1. The number of rotatable bonds is 4. The monoisotopic (exact) mass is 284 g/mol. The number of nitrogens with one attached hydrogen (secondary N) is 1. The second-order valence-corrected chi connectivity index (χ2v) is 5.59. The highest BCUT2D eigenvalue weighted by Gasteiger charge is 2.46. The molecule has 1 fully saturated rings. The molecule has 2 unspecified atom stereocenters. The summed E-state index contributed by atoms with van der Waals surface area (Å²) >= 11 is 0. The minimum Gasteiger partial charge on any atom is -0.435 e. The summed E-state index contributed by atoms with van der Waals surface area (Å²) in [4.78, 5) is 12.0. The molecule has 2 rings (SSSR count). The van der Waals surface area contributed by atoms with Crippen LogP contribution in [0, 0.1) is 5.41 Å². The number of hydrogen-bond donors (Lipinski definition) is 2. The summed E-state index contributed by atoms with van der Waals surface area (Å²) in [7, 11) is 0. The molecule has 0 heterocycles. The van der Waals surface area contributed by atoms with E-state index < -0.39 is 6.61 Å². The van der Waals surface area contributed by atoms with E-state index in [9.17, 15) is 13.6 Å². The third-order valence-electron chi connectivity index (χ3n) is 3.99. The third kappa shape index (κ3) is 2.90. The van der Waals surface area contributed by atoms with Crippen molar-refractivity contribution in [1.82, 2.24) is 5.32 Å². The van der Waals surface area contributed by atoms with Gasteiger partial charge in [0.15, 0.2) is 0 Å². The smallest absolute Gasteiger partial charge is 0.387 e. The van der Waals surface area contributed by atoms with Gasteiger partial charge < -0.3 is 15.8 Å². The van der Waals surface area contributed by atoms with E-state index in [4.69, 9.17) is 5.73 Å². The fraction of sp³-hybridized carbons (Fsp3) is 0.500. The number of alkyl halides is 2. The highest BCUT2D eigenvalue weighted by molar-refractivity contribution is 5.94. The summed E-state index contributed by atoms with van der Waals surface area (Å²) in [6.45, 7) is 1.14. The lowest BCUT2D eigenvalue weighted by Crippen LogP contribution is -2.64. The number of hydrogen-bond acceptors (Lipinski definition) is 3. The summed E-state index contributed by atoms with van der Waals surface area (Å²) in [5, 5.41) is 2.91. The Morgan fingerprint density at radius 2 is 2.00 bits per heavy atom. The number of halogens is 2. The first-order valence-electron chi connectivity index (χ1n) is 6.42. The highest BCUT2D eigenvalue weighted by atomic mass is 19.3. The maximum atomic E-state index is 12.0. The summed E-state index contributed by atoms with van der Waals surface area (Å²) in [5.74, 6) is -0.207. The van der Waals surface area contributed by atoms with Crippen LogP contribution in [0.5, 0.6) is 5.75 Å². The average molecular weight is 284 g/mol. The van der Waals surface area contributed by atoms with Crippen molar-refractivity contribution in [1.29, 1.82) is 0 Å². The lowest BCUT2D eigenvalue weighted by Gasteiger charge is -2.50. The molecule has 1 aliphatic rings. The van der Waals surface area contributed by atoms with Crippen LogP contribution in [0.2, 0.25) is 0 Å². The van der Waals surface area contributed by atoms with Crippen LogP contribution >= 0.6 is 0 Å². The van der Waals surface area contributed by atoms with Crippen molar-refractivity contribution in [3.8, 4) is 5.75 Å². The fourth-order valence-corrected chi connectivity index (χ4v) is 2.23. The van der Waals surface area contributed by atoms with Gasteiger partial charge in [-0.3, -0.25) is 4.79 Å². The van der Waals surface area contributed by atoms with E-state index in [-0.39, 0.29) is 29.2 Å². The van der Waals surface area contributed by atoms with Gasteiger partial charge in [-0.25, -0.2) is 0 Å². The molecule has 4 nitrogen and oxygen atoms in total. The number of amides is 1. The Hall–Kier alpha value is -1.69. The van der Waals surface area contributed by atoms with E-state index in [1.54, 1.807) is 0 Å². The molecule has 1 amide bonds. The molecular weight excluding hydrogens is 266 g/mol. The summed E-state index contributed by atoms with van der Waals surface area (Å²) in [5.41, 5.74) is 6.16. The SMILES string of the molecule is CC1(C)C(N)CC1NC(=O)c1ccc(OC(F)F)cc1. The second-order valence-electron chi connectivity index (χ2n) is 5.59. The van der Waals surface area contributed by atoms with Crippen LogP contribution in [0.15, 0.2) is 24.3 Å². The number of nitrogens with two attached hydrogens (primary N) is 1. The van der Waals surface area contributed by atoms with Gasteiger partial charge in [-0.2, -0.15) is 8.78 Å². The Balaban J connectivity index is 1.96. The zero-order valence-corrected chi connectivity index (χ0v) is 11.4. The molecule has 2 atom stereocenters. The van der Waals surface area contributed by atoms with Crippen LogP contribution < -0.4 is 15.8 Å². The van der Waals surface area contributed by atoms with E-state index in [1.807, 2.05) is 13.8 Å². The van der Waals surface area contributed by atoms with Gasteiger partial charge in [-0.1, -0.05) is 13.8 Å². The molecule has 20 heavy (non-hydrogen) atoms. The van der Waals surface area contributed by atoms with Gasteiger partial charge in [0.1, 0.15) is 5.75 Å². The predicted octanol–water partition coefficient (Wildman–Crippen LogP) is 2.14. The standard InChI is InChI=1S/C14H18F2N2O2/c1-14(2)10(17)7-11(14)18-12(19)8-3-5-9(6-4-8)20-13(15)16/h3-6,10-11,13H,7,17H2,1-2H3,(H,18,19). The van der Waals surface area contributed by atoms with Crippen LogP contribution in [0.25, 0.3) is 0 Å². The van der Waals surface area contributed by atoms with Crippen LogP contribution in [0.3, 0.4) is 0 Å². The molecule has 1 aromatic carbocycles. The second kappa shape index (κ2) is 5.36. The zero-order chi connectivity index (χ0) is 14.9. The molecule has 1 aliphatic carbocycles. The Kier molecular flexibility index (Phi) is 3.94. The average Bonchev–Trinajstić information content (AvgIpc) is 2.38. The molecule has 1 saturated carbocycles. The zero-order valence-electron chi connectivity index (χ0n) is 11.4. The molecule has 0 spiro atoms. The number of benzene rings is 1. The van der Waals surface area contributed by atoms with E-state index in [2.05, 4.69) is 10.1 Å². The highest BCUT2D eigenvalue weighted by Crippen LogP contribution is 2.39. The number of ether oxygens (including phenoxy) is 1. The van der Waals surface area contributed by atoms with Crippen molar-refractivity contribution in [2.75, 3.05) is 0 Å². The van der Waals surface area contributed by atoms with Gasteiger partial charge in [0, 0.05) is 23.1 Å². The van der Waals surface area contributed by atoms with E-state index in [1.165, 1.54) is 24.3 Å². The van der Waals surface area contributed by atoms with Gasteiger partial charge in [0.25, 0.3) is 5.91 Å². The maximum Gasteiger partial charge on any atom is 0.387 e. The van der Waals surface area contributed by atoms with Crippen molar-refractivity contribution >= 4 is 5.91 Å². The third-order valence-corrected chi connectivity index (χ3v) is 3.99. The van der Waals surface area contributed by atoms with E-state index >= 15 is 0 Å². The lowest BCUT2D eigenvalue weighted by atomic mass is 9.63. The largest absolute Gasteiger partial charge is 0.435 e. The van der Waals surface area contributed by atoms with Gasteiger partial charge in [-0.15, -0.1) is 0 Å². The van der Waals surface area contributed by atoms with Crippen LogP contribution in [-0.2, 0) is 0 Å². The van der Waals surface area contributed by atoms with Crippen LogP contribution in [0.1, 0.15) is 30.6 Å². The van der Waals surface area contributed by atoms with Crippen molar-refractivity contribution in [3.05, 3.63) is 29.8 Å². The van der Waals surface area contributed by atoms with E-state index in [0.717, 1.165) is 6.42 Å². The van der Waals surface area contributed by atoms with Crippen LogP contribution in [-0.4, -0.2) is 24.6 Å². The first kappa shape index (κ1) is 14.7. The van der Waals surface area contributed by atoms with Crippen molar-refractivity contribution < 1.29 is 18.3 Å². The molecule has 110 valence electrons. The first-order chi connectivity index (χ1) is 9.30. The predicted molar refractivity (Wildman–Crippen MR) is 70.7 cm³/mol. The van der Waals surface area contributed by atoms with Gasteiger partial charge in [0.2, 0.25) is 0 Å². The molecule has 0 radical (unpaired) electrons. The summed E-state index contributed by atoms with van der Waals surface area (Å²) in [6, 6.07) is 5.71. The van der Waals surface area contributed by atoms with Gasteiger partial charge in [0.05, 0.1) is 0 Å². The van der Waals surface area contributed by atoms with Crippen molar-refractivity contribution in [2.24, 2.45) is 11.1 Å². The first-order valence-corrected chi connectivity index (χ1v) is 6.42. The minimum absolute atomic E-state index is 0.0296. The van der Waals surface area contributed by atoms with Gasteiger partial charge in [-0.05, 0) is 30.7 Å². The molecule has 1 aromatic rings. The van der Waals surface area contributed by atoms with Crippen molar-refractivity contribution in [3.63, 3.8) is 0 Å². The molecule has 0 bridgehead atoms. The Morgan fingerprint density at radius 3 is 2.45 bits per heavy atom. The summed E-state index contributed by atoms with van der Waals surface area (Å²) < 4.78 is 28.3. The molecule has 0 aliphatic heterocycles. The van der Waals surface area contributed by atoms with Crippen molar-refractivity contribution in [2.45, 2.75) is 39.0 Å². The Morgan fingerprint density at radius 1 is 1.40 bits per heavy atom. The fourth-order valence-electron chi connectivity index (χ4n) is 2.23. The Labute approximate surface area is 116 Å². The number of carbonyl (C=O) groups is 1. The molecular formula is C14H18F2N2O2. The van der Waals surface area contributed by atoms with Gasteiger partial charge >= 0.3 is 6.61 Å². The topological polar surface area (TPSA) is 64.3 Å². The minimum atomic E-state index is -2.87. The molecule has 0 saturated heterocycles. The maximum absolute atomic E-state index is 12.0. The summed E-state index contributed by atoms with van der Waals surface area (Å²) in [6.07, 6.45) is 0.741. The van der Waals surface area contributed by atoms with E-state index in [0.29, 0.717) is 5.56 Å². The lowest BCUT2D eigenvalue weighted by molar-refractivity contribution is -0.0498. The molecule has 3 N–H and O–H groups in total. The van der Waals surface area contributed by atoms with Crippen LogP contribution in [0.4, 0.5) is 8.78 Å². The quantitative estimate of drug-likeness (QED) is 0.890. The normalized spacial score (nSPS) is 24.1.